The second-order valence-corrected chi connectivity index (χ2v) is 16.3. The van der Waals surface area contributed by atoms with Crippen molar-refractivity contribution < 1.29 is 4.39 Å². The maximum atomic E-state index is 14.3. The monoisotopic (exact) mass is 895 g/mol. The van der Waals surface area contributed by atoms with Gasteiger partial charge in [-0.3, -0.25) is 15.3 Å². The third-order valence-electron chi connectivity index (χ3n) is 11.0. The Hall–Kier alpha value is -7.76. The average Bonchev–Trinajstić information content (AvgIpc) is 4.18. The van der Waals surface area contributed by atoms with Crippen LogP contribution in [0.4, 0.5) is 4.39 Å². The van der Waals surface area contributed by atoms with Crippen LogP contribution >= 0.6 is 0 Å². The van der Waals surface area contributed by atoms with Crippen molar-refractivity contribution in [2.75, 3.05) is 20.6 Å². The minimum absolute atomic E-state index is 0.230. The van der Waals surface area contributed by atoms with Gasteiger partial charge < -0.3 is 20.2 Å². The van der Waals surface area contributed by atoms with Crippen LogP contribution in [0.25, 0.3) is 72.9 Å². The lowest BCUT2D eigenvalue weighted by molar-refractivity contribution is 0.438. The number of nitrogens with zero attached hydrogens (tertiary/aromatic N) is 4. The van der Waals surface area contributed by atoms with E-state index in [1.54, 1.807) is 24.3 Å². The summed E-state index contributed by atoms with van der Waals surface area (Å²) >= 11 is 0. The van der Waals surface area contributed by atoms with Gasteiger partial charge in [0.2, 0.25) is 0 Å². The predicted molar refractivity (Wildman–Crippen MR) is 281 cm³/mol. The van der Waals surface area contributed by atoms with Crippen LogP contribution in [-0.2, 0) is 0 Å². The Kier molecular flexibility index (Phi) is 16.3. The number of H-pyrrole nitrogens is 5. The van der Waals surface area contributed by atoms with E-state index in [1.165, 1.54) is 5.56 Å². The Balaban J connectivity index is 0.000000240. The lowest BCUT2D eigenvalue weighted by Gasteiger charge is -2.15. The number of fused-ring (bicyclic) bond motifs is 2. The molecule has 5 heterocycles. The topological polar surface area (TPSA) is 133 Å². The van der Waals surface area contributed by atoms with E-state index in [0.29, 0.717) is 0 Å². The summed E-state index contributed by atoms with van der Waals surface area (Å²) in [5, 5.41) is 27.8. The van der Waals surface area contributed by atoms with Gasteiger partial charge in [0.05, 0.1) is 28.6 Å². The third kappa shape index (κ3) is 11.6. The van der Waals surface area contributed by atoms with Crippen LogP contribution in [0.15, 0.2) is 147 Å². The summed E-state index contributed by atoms with van der Waals surface area (Å²) in [4.78, 5) is 9.03. The standard InChI is InChI=1S/C35H40FN5.C19H17N5.C2H6/c1-9-12-30(27-15-22(4)16-28(36)17-27)31-20-34(38-24(31)6)35-32-19-26(13-14-33(32)39-40-35)25(10-2)18-29(11-3)37-23(5)21-41(7)8;1-3-4-5-16-12(2)8-18(22-16)19-15-9-13(14-10-20-21-11-14)6-7-17(15)23-24-19;1-2/h10-20,37-38H,3,5,9,21H2,1-2,4,6-8H3,(H,39,40);3-11,22H,1H2,2H3,(H,20,21)(H,23,24);1-2H3/b25-10+,29-18+,30-12-;5-4-;. The fourth-order valence-electron chi connectivity index (χ4n) is 7.96. The highest BCUT2D eigenvalue weighted by atomic mass is 19.1. The second kappa shape index (κ2) is 22.4. The molecule has 0 aliphatic heterocycles. The van der Waals surface area contributed by atoms with Crippen LogP contribution in [0.2, 0.25) is 0 Å². The number of benzene rings is 3. The van der Waals surface area contributed by atoms with E-state index in [-0.39, 0.29) is 5.82 Å². The van der Waals surface area contributed by atoms with Gasteiger partial charge in [-0.05, 0) is 154 Å². The molecule has 0 saturated heterocycles. The Labute approximate surface area is 393 Å². The molecule has 0 spiro atoms. The molecule has 5 aromatic heterocycles. The molecule has 6 N–H and O–H groups in total. The predicted octanol–water partition coefficient (Wildman–Crippen LogP) is 13.8. The van der Waals surface area contributed by atoms with Gasteiger partial charge in [0.25, 0.3) is 0 Å². The van der Waals surface area contributed by atoms with E-state index in [2.05, 4.69) is 145 Å². The Morgan fingerprint density at radius 2 is 1.54 bits per heavy atom. The summed E-state index contributed by atoms with van der Waals surface area (Å²) < 4.78 is 14.3. The molecule has 0 amide bonds. The van der Waals surface area contributed by atoms with Gasteiger partial charge >= 0.3 is 0 Å². The molecule has 10 nitrogen and oxygen atoms in total. The number of allylic oxidation sites excluding steroid dienone is 7. The van der Waals surface area contributed by atoms with Crippen LogP contribution in [0, 0.1) is 26.6 Å². The van der Waals surface area contributed by atoms with E-state index in [1.807, 2.05) is 85.4 Å². The smallest absolute Gasteiger partial charge is 0.124 e. The van der Waals surface area contributed by atoms with E-state index in [4.69, 9.17) is 0 Å². The molecule has 0 aliphatic carbocycles. The van der Waals surface area contributed by atoms with Crippen molar-refractivity contribution in [3.8, 4) is 33.9 Å². The first-order valence-electron chi connectivity index (χ1n) is 22.6. The quantitative estimate of drug-likeness (QED) is 0.0570. The van der Waals surface area contributed by atoms with E-state index in [0.717, 1.165) is 125 Å². The number of nitrogens with one attached hydrogen (secondary N) is 6. The van der Waals surface area contributed by atoms with Crippen molar-refractivity contribution in [2.24, 2.45) is 0 Å². The summed E-state index contributed by atoms with van der Waals surface area (Å²) in [5.74, 6) is -0.230. The zero-order valence-electron chi connectivity index (χ0n) is 40.2. The highest BCUT2D eigenvalue weighted by Gasteiger charge is 2.18. The first-order valence-corrected chi connectivity index (χ1v) is 22.6. The number of halogens is 1. The van der Waals surface area contributed by atoms with Gasteiger partial charge in [0, 0.05) is 57.4 Å². The highest BCUT2D eigenvalue weighted by molar-refractivity contribution is 5.97. The van der Waals surface area contributed by atoms with Crippen molar-refractivity contribution in [3.05, 3.63) is 192 Å². The van der Waals surface area contributed by atoms with Crippen LogP contribution in [0.3, 0.4) is 0 Å². The molecule has 0 fully saturated rings. The van der Waals surface area contributed by atoms with E-state index in [9.17, 15) is 4.39 Å². The minimum atomic E-state index is -0.230. The number of aromatic amines is 5. The number of aromatic nitrogens is 8. The molecule has 67 heavy (non-hydrogen) atoms. The number of rotatable bonds is 15. The molecular formula is C56H63FN10. The average molecular weight is 895 g/mol. The SMILES string of the molecule is C=C/C(=C\C(=C/C)c1ccc2[nH]nc(-c3cc(/C(=C\CC)c4cc(C)cc(F)c4)c(C)[nH]3)c2c1)NC(=C)CN(C)C.C=C/C=C\c1[nH]c(-c2n[nH]c3ccc(-c4cn[nH]c4)cc23)cc1C.CC. The summed E-state index contributed by atoms with van der Waals surface area (Å²) in [7, 11) is 4.02. The Bertz CT molecular complexity index is 3100. The molecule has 0 radical (unpaired) electrons. The molecule has 11 heteroatoms. The van der Waals surface area contributed by atoms with Gasteiger partial charge in [-0.15, -0.1) is 0 Å². The molecule has 0 unspecified atom stereocenters. The minimum Gasteiger partial charge on any atom is -0.358 e. The summed E-state index contributed by atoms with van der Waals surface area (Å²) in [6.45, 7) is 26.7. The van der Waals surface area contributed by atoms with Crippen molar-refractivity contribution in [3.63, 3.8) is 0 Å². The van der Waals surface area contributed by atoms with Crippen LogP contribution in [0.1, 0.15) is 73.3 Å². The van der Waals surface area contributed by atoms with Crippen molar-refractivity contribution in [1.29, 1.82) is 0 Å². The molecular weight excluding hydrogens is 832 g/mol. The van der Waals surface area contributed by atoms with Gasteiger partial charge in [-0.25, -0.2) is 4.39 Å². The first-order chi connectivity index (χ1) is 32.4. The van der Waals surface area contributed by atoms with E-state index >= 15 is 0 Å². The van der Waals surface area contributed by atoms with Gasteiger partial charge in [0.15, 0.2) is 0 Å². The number of likely N-dealkylation sites (N-methyl/N-ethyl adjacent to an activating group) is 1. The number of hydrogen-bond acceptors (Lipinski definition) is 5. The highest BCUT2D eigenvalue weighted by Crippen LogP contribution is 2.35. The molecule has 344 valence electrons. The van der Waals surface area contributed by atoms with Crippen LogP contribution < -0.4 is 5.32 Å². The van der Waals surface area contributed by atoms with E-state index < -0.39 is 0 Å². The molecule has 8 rings (SSSR count). The maximum absolute atomic E-state index is 14.3. The van der Waals surface area contributed by atoms with Crippen molar-refractivity contribution in [1.82, 2.24) is 50.8 Å². The lowest BCUT2D eigenvalue weighted by Crippen LogP contribution is -2.23. The van der Waals surface area contributed by atoms with Gasteiger partial charge in [0.1, 0.15) is 17.2 Å². The number of hydrogen-bond donors (Lipinski definition) is 6. The van der Waals surface area contributed by atoms with Crippen molar-refractivity contribution in [2.45, 2.75) is 54.9 Å². The molecule has 3 aromatic carbocycles. The third-order valence-corrected chi connectivity index (χ3v) is 11.0. The normalized spacial score (nSPS) is 12.1. The Morgan fingerprint density at radius 1 is 0.836 bits per heavy atom. The zero-order chi connectivity index (χ0) is 48.2. The summed E-state index contributed by atoms with van der Waals surface area (Å²) in [5.41, 5.74) is 18.7. The fourth-order valence-corrected chi connectivity index (χ4v) is 7.96. The first kappa shape index (κ1) is 48.7. The molecule has 8 aromatic rings. The zero-order valence-corrected chi connectivity index (χ0v) is 40.2. The Morgan fingerprint density at radius 3 is 2.16 bits per heavy atom. The molecule has 0 saturated carbocycles. The van der Waals surface area contributed by atoms with Crippen LogP contribution in [0.5, 0.6) is 0 Å². The maximum Gasteiger partial charge on any atom is 0.124 e. The lowest BCUT2D eigenvalue weighted by atomic mass is 9.95. The van der Waals surface area contributed by atoms with Crippen molar-refractivity contribution >= 4 is 39.0 Å². The van der Waals surface area contributed by atoms with Gasteiger partial charge in [-0.2, -0.15) is 15.3 Å². The molecule has 0 bridgehead atoms. The van der Waals surface area contributed by atoms with Gasteiger partial charge in [-0.1, -0.05) is 83.0 Å². The summed E-state index contributed by atoms with van der Waals surface area (Å²) in [6, 6.07) is 22.0. The summed E-state index contributed by atoms with van der Waals surface area (Å²) in [6.07, 6.45) is 18.4. The molecule has 0 aliphatic rings. The second-order valence-electron chi connectivity index (χ2n) is 16.3. The molecule has 0 atom stereocenters. The largest absolute Gasteiger partial charge is 0.358 e. The fraction of sp³-hybridized carbons (Fsp3) is 0.196. The number of aryl methyl sites for hydroxylation is 3. The van der Waals surface area contributed by atoms with Crippen LogP contribution in [-0.4, -0.2) is 66.1 Å².